The van der Waals surface area contributed by atoms with Crippen LogP contribution in [-0.2, 0) is 14.3 Å². The molecular formula is C20H19F3O2S. The molecule has 26 heavy (non-hydrogen) atoms. The lowest BCUT2D eigenvalue weighted by atomic mass is 9.92. The molecule has 2 rings (SSSR count). The monoisotopic (exact) mass is 380 g/mol. The third kappa shape index (κ3) is 4.69. The van der Waals surface area contributed by atoms with Crippen LogP contribution >= 0.6 is 11.8 Å². The molecule has 0 heterocycles. The molecule has 6 heteroatoms. The van der Waals surface area contributed by atoms with Crippen molar-refractivity contribution in [1.29, 1.82) is 0 Å². The maximum Gasteiger partial charge on any atom is 0.443 e. The molecule has 0 aliphatic carbocycles. The number of carbonyl (C=O) groups excluding carboxylic acids is 1. The van der Waals surface area contributed by atoms with Crippen molar-refractivity contribution in [3.63, 3.8) is 0 Å². The van der Waals surface area contributed by atoms with Crippen molar-refractivity contribution in [2.45, 2.75) is 23.6 Å². The van der Waals surface area contributed by atoms with Gasteiger partial charge >= 0.3 is 11.5 Å². The summed E-state index contributed by atoms with van der Waals surface area (Å²) in [7, 11) is 0. The number of benzene rings is 2. The highest BCUT2D eigenvalue weighted by Crippen LogP contribution is 2.50. The highest BCUT2D eigenvalue weighted by Gasteiger charge is 2.50. The molecule has 0 bridgehead atoms. The molecule has 0 aromatic heterocycles. The highest BCUT2D eigenvalue weighted by atomic mass is 32.2. The van der Waals surface area contributed by atoms with E-state index < -0.39 is 16.2 Å². The predicted octanol–water partition coefficient (Wildman–Crippen LogP) is 5.94. The predicted molar refractivity (Wildman–Crippen MR) is 98.6 cm³/mol. The zero-order valence-electron chi connectivity index (χ0n) is 14.3. The van der Waals surface area contributed by atoms with Crippen LogP contribution in [0.2, 0.25) is 0 Å². The molecular weight excluding hydrogens is 361 g/mol. The average Bonchev–Trinajstić information content (AvgIpc) is 2.61. The number of allylic oxidation sites excluding steroid dienone is 1. The van der Waals surface area contributed by atoms with E-state index in [0.717, 1.165) is 11.1 Å². The summed E-state index contributed by atoms with van der Waals surface area (Å²) in [6, 6.07) is 15.9. The molecule has 2 nitrogen and oxygen atoms in total. The molecule has 0 radical (unpaired) electrons. The Balaban J connectivity index is 2.49. The second-order valence-electron chi connectivity index (χ2n) is 5.53. The first-order chi connectivity index (χ1) is 12.3. The Morgan fingerprint density at radius 2 is 1.65 bits per heavy atom. The zero-order chi connectivity index (χ0) is 19.2. The van der Waals surface area contributed by atoms with E-state index in [4.69, 9.17) is 4.74 Å². The van der Waals surface area contributed by atoms with Gasteiger partial charge in [-0.1, -0.05) is 60.7 Å². The van der Waals surface area contributed by atoms with E-state index in [1.165, 1.54) is 6.08 Å². The number of hydrogen-bond donors (Lipinski definition) is 0. The molecule has 1 atom stereocenters. The number of halogens is 3. The molecule has 0 N–H and O–H groups in total. The van der Waals surface area contributed by atoms with E-state index in [1.54, 1.807) is 31.2 Å². The maximum absolute atomic E-state index is 13.2. The average molecular weight is 380 g/mol. The summed E-state index contributed by atoms with van der Waals surface area (Å²) in [4.78, 5) is 12.5. The smallest absolute Gasteiger partial charge is 0.443 e. The summed E-state index contributed by atoms with van der Waals surface area (Å²) in [6.07, 6.45) is 1.11. The second-order valence-corrected chi connectivity index (χ2v) is 6.90. The minimum absolute atomic E-state index is 0.00174. The van der Waals surface area contributed by atoms with Crippen LogP contribution in [0.5, 0.6) is 0 Å². The Kier molecular flexibility index (Phi) is 6.53. The number of esters is 1. The normalized spacial score (nSPS) is 13.7. The molecule has 0 saturated heterocycles. The standard InChI is InChI=1S/C20H19F3O2S/c1-3-14-19(18(24)25-4-2,26-20(21,22)23)17-12-10-16(11-13-17)15-8-6-5-7-9-15/h3,5-13H,1,4,14H2,2H3. The van der Waals surface area contributed by atoms with Crippen LogP contribution in [0.15, 0.2) is 67.3 Å². The molecule has 0 fully saturated rings. The molecule has 0 spiro atoms. The number of rotatable bonds is 7. The van der Waals surface area contributed by atoms with Gasteiger partial charge in [0.05, 0.1) is 6.61 Å². The number of thioether (sulfide) groups is 1. The van der Waals surface area contributed by atoms with Crippen molar-refractivity contribution in [3.05, 3.63) is 72.8 Å². The van der Waals surface area contributed by atoms with Gasteiger partial charge in [0.2, 0.25) is 0 Å². The zero-order valence-corrected chi connectivity index (χ0v) is 15.1. The second kappa shape index (κ2) is 8.45. The van der Waals surface area contributed by atoms with Crippen LogP contribution in [-0.4, -0.2) is 18.1 Å². The quantitative estimate of drug-likeness (QED) is 0.439. The van der Waals surface area contributed by atoms with E-state index >= 15 is 0 Å². The van der Waals surface area contributed by atoms with E-state index in [0.29, 0.717) is 0 Å². The van der Waals surface area contributed by atoms with Gasteiger partial charge in [-0.3, -0.25) is 4.79 Å². The van der Waals surface area contributed by atoms with Crippen molar-refractivity contribution in [1.82, 2.24) is 0 Å². The fourth-order valence-electron chi connectivity index (χ4n) is 2.67. The van der Waals surface area contributed by atoms with E-state index in [1.807, 2.05) is 30.3 Å². The third-order valence-corrected chi connectivity index (χ3v) is 4.93. The van der Waals surface area contributed by atoms with Gasteiger partial charge in [0, 0.05) is 0 Å². The van der Waals surface area contributed by atoms with Gasteiger partial charge in [0.1, 0.15) is 4.75 Å². The van der Waals surface area contributed by atoms with E-state index in [9.17, 15) is 18.0 Å². The fourth-order valence-corrected chi connectivity index (χ4v) is 3.66. The number of hydrogen-bond acceptors (Lipinski definition) is 3. The number of carbonyl (C=O) groups is 1. The molecule has 138 valence electrons. The summed E-state index contributed by atoms with van der Waals surface area (Å²) in [5.41, 5.74) is -2.58. The first-order valence-electron chi connectivity index (χ1n) is 8.03. The van der Waals surface area contributed by atoms with Gasteiger partial charge in [-0.25, -0.2) is 0 Å². The largest absolute Gasteiger partial charge is 0.465 e. The van der Waals surface area contributed by atoms with Gasteiger partial charge in [0.15, 0.2) is 0 Å². The molecule has 0 amide bonds. The summed E-state index contributed by atoms with van der Waals surface area (Å²) < 4.78 is 42.7. The minimum Gasteiger partial charge on any atom is -0.465 e. The van der Waals surface area contributed by atoms with Crippen molar-refractivity contribution in [3.8, 4) is 11.1 Å². The van der Waals surface area contributed by atoms with Crippen molar-refractivity contribution in [2.75, 3.05) is 6.61 Å². The van der Waals surface area contributed by atoms with Crippen LogP contribution in [0.1, 0.15) is 18.9 Å². The third-order valence-electron chi connectivity index (χ3n) is 3.79. The van der Waals surface area contributed by atoms with Crippen molar-refractivity contribution < 1.29 is 22.7 Å². The Hall–Kier alpha value is -2.21. The molecule has 0 aliphatic heterocycles. The highest BCUT2D eigenvalue weighted by molar-refractivity contribution is 8.01. The van der Waals surface area contributed by atoms with Crippen LogP contribution in [0.4, 0.5) is 13.2 Å². The lowest BCUT2D eigenvalue weighted by Gasteiger charge is -2.31. The van der Waals surface area contributed by atoms with E-state index in [-0.39, 0.29) is 30.4 Å². The van der Waals surface area contributed by atoms with Crippen LogP contribution < -0.4 is 0 Å². The number of ether oxygens (including phenoxy) is 1. The van der Waals surface area contributed by atoms with Crippen LogP contribution in [0, 0.1) is 0 Å². The fraction of sp³-hybridized carbons (Fsp3) is 0.250. The van der Waals surface area contributed by atoms with Gasteiger partial charge in [-0.15, -0.1) is 6.58 Å². The first-order valence-corrected chi connectivity index (χ1v) is 8.85. The SMILES string of the molecule is C=CCC(SC(F)(F)F)(C(=O)OCC)c1ccc(-c2ccccc2)cc1. The first kappa shape index (κ1) is 20.1. The summed E-state index contributed by atoms with van der Waals surface area (Å²) in [6.45, 7) is 5.08. The Bertz CT molecular complexity index is 742. The van der Waals surface area contributed by atoms with Gasteiger partial charge in [-0.2, -0.15) is 13.2 Å². The summed E-state index contributed by atoms with van der Waals surface area (Å²) >= 11 is -0.369. The molecule has 0 saturated carbocycles. The molecule has 2 aromatic rings. The Labute approximate surface area is 155 Å². The summed E-state index contributed by atoms with van der Waals surface area (Å²) in [5.74, 6) is -0.922. The van der Waals surface area contributed by atoms with Gasteiger partial charge < -0.3 is 4.74 Å². The van der Waals surface area contributed by atoms with Crippen molar-refractivity contribution >= 4 is 17.7 Å². The maximum atomic E-state index is 13.2. The lowest BCUT2D eigenvalue weighted by Crippen LogP contribution is -2.36. The lowest BCUT2D eigenvalue weighted by molar-refractivity contribution is -0.146. The summed E-state index contributed by atoms with van der Waals surface area (Å²) in [5, 5.41) is 0. The topological polar surface area (TPSA) is 26.3 Å². The molecule has 0 aliphatic rings. The van der Waals surface area contributed by atoms with Gasteiger partial charge in [0.25, 0.3) is 0 Å². The molecule has 2 aromatic carbocycles. The van der Waals surface area contributed by atoms with Gasteiger partial charge in [-0.05, 0) is 41.8 Å². The van der Waals surface area contributed by atoms with Crippen LogP contribution in [0.25, 0.3) is 11.1 Å². The van der Waals surface area contributed by atoms with Crippen LogP contribution in [0.3, 0.4) is 0 Å². The minimum atomic E-state index is -4.60. The molecule has 1 unspecified atom stereocenters. The Morgan fingerprint density at radius 3 is 2.15 bits per heavy atom. The number of alkyl halides is 3. The Morgan fingerprint density at radius 1 is 1.08 bits per heavy atom. The van der Waals surface area contributed by atoms with E-state index in [2.05, 4.69) is 6.58 Å². The van der Waals surface area contributed by atoms with Crippen molar-refractivity contribution in [2.24, 2.45) is 0 Å².